The van der Waals surface area contributed by atoms with Gasteiger partial charge in [0, 0.05) is 24.5 Å². The predicted molar refractivity (Wildman–Crippen MR) is 62.8 cm³/mol. The fourth-order valence-corrected chi connectivity index (χ4v) is 1.60. The Morgan fingerprint density at radius 1 is 1.56 bits per heavy atom. The van der Waals surface area contributed by atoms with Crippen molar-refractivity contribution in [3.05, 3.63) is 24.4 Å². The molecule has 0 unspecified atom stereocenters. The summed E-state index contributed by atoms with van der Waals surface area (Å²) in [4.78, 5) is 11.1. The molecular formula is C11H14N4O. The van der Waals surface area contributed by atoms with Gasteiger partial charge in [-0.1, -0.05) is 0 Å². The second-order valence-electron chi connectivity index (χ2n) is 3.61. The second kappa shape index (κ2) is 4.22. The van der Waals surface area contributed by atoms with Gasteiger partial charge in [0.25, 0.3) is 0 Å². The number of nitrogen functional groups attached to an aromatic ring is 1. The van der Waals surface area contributed by atoms with Crippen molar-refractivity contribution in [2.24, 2.45) is 0 Å². The van der Waals surface area contributed by atoms with Crippen molar-refractivity contribution < 1.29 is 4.79 Å². The first-order valence-electron chi connectivity index (χ1n) is 5.12. The van der Waals surface area contributed by atoms with Crippen LogP contribution in [0.1, 0.15) is 6.42 Å². The fourth-order valence-electron chi connectivity index (χ4n) is 1.60. The number of amides is 1. The average Bonchev–Trinajstić information content (AvgIpc) is 2.68. The zero-order chi connectivity index (χ0) is 11.5. The van der Waals surface area contributed by atoms with Gasteiger partial charge >= 0.3 is 0 Å². The summed E-state index contributed by atoms with van der Waals surface area (Å²) in [6.45, 7) is 0.562. The maximum Gasteiger partial charge on any atom is 0.221 e. The molecule has 3 N–H and O–H groups in total. The molecule has 1 aromatic carbocycles. The summed E-state index contributed by atoms with van der Waals surface area (Å²) < 4.78 is 1.79. The molecule has 5 heteroatoms. The third kappa shape index (κ3) is 1.98. The Morgan fingerprint density at radius 2 is 2.38 bits per heavy atom. The van der Waals surface area contributed by atoms with Crippen molar-refractivity contribution in [1.82, 2.24) is 15.1 Å². The maximum atomic E-state index is 11.1. The van der Waals surface area contributed by atoms with Gasteiger partial charge in [0.1, 0.15) is 0 Å². The van der Waals surface area contributed by atoms with E-state index in [-0.39, 0.29) is 5.91 Å². The first-order valence-corrected chi connectivity index (χ1v) is 5.12. The molecule has 84 valence electrons. The van der Waals surface area contributed by atoms with Gasteiger partial charge in [0.15, 0.2) is 0 Å². The second-order valence-corrected chi connectivity index (χ2v) is 3.61. The molecule has 0 aliphatic heterocycles. The van der Waals surface area contributed by atoms with E-state index in [4.69, 9.17) is 5.73 Å². The molecule has 16 heavy (non-hydrogen) atoms. The molecule has 0 fully saturated rings. The number of aromatic nitrogens is 2. The number of carbonyl (C=O) groups excluding carboxylic acids is 1. The number of anilines is 1. The van der Waals surface area contributed by atoms with Crippen molar-refractivity contribution in [3.63, 3.8) is 0 Å². The van der Waals surface area contributed by atoms with E-state index < -0.39 is 0 Å². The van der Waals surface area contributed by atoms with E-state index in [0.29, 0.717) is 18.7 Å². The summed E-state index contributed by atoms with van der Waals surface area (Å²) in [6.07, 6.45) is 2.20. The normalized spacial score (nSPS) is 10.6. The van der Waals surface area contributed by atoms with E-state index in [1.807, 2.05) is 18.2 Å². The minimum absolute atomic E-state index is 0.00699. The van der Waals surface area contributed by atoms with Crippen LogP contribution in [0.5, 0.6) is 0 Å². The zero-order valence-electron chi connectivity index (χ0n) is 9.10. The standard InChI is InChI=1S/C11H14N4O/c1-13-11(16)4-5-15-10-6-9(12)3-2-8(10)7-14-15/h2-3,6-7H,4-5,12H2,1H3,(H,13,16). The Balaban J connectivity index is 2.24. The lowest BCUT2D eigenvalue weighted by Crippen LogP contribution is -2.19. The highest BCUT2D eigenvalue weighted by molar-refractivity contribution is 5.82. The van der Waals surface area contributed by atoms with Crippen molar-refractivity contribution in [1.29, 1.82) is 0 Å². The molecule has 1 heterocycles. The number of rotatable bonds is 3. The zero-order valence-corrected chi connectivity index (χ0v) is 9.10. The summed E-state index contributed by atoms with van der Waals surface area (Å²) in [5, 5.41) is 7.84. The Hall–Kier alpha value is -2.04. The van der Waals surface area contributed by atoms with E-state index in [1.165, 1.54) is 0 Å². The van der Waals surface area contributed by atoms with Crippen LogP contribution in [0.25, 0.3) is 10.9 Å². The molecule has 0 saturated heterocycles. The number of hydrogen-bond donors (Lipinski definition) is 2. The van der Waals surface area contributed by atoms with Gasteiger partial charge in [-0.25, -0.2) is 0 Å². The van der Waals surface area contributed by atoms with E-state index in [1.54, 1.807) is 17.9 Å². The van der Waals surface area contributed by atoms with E-state index in [0.717, 1.165) is 10.9 Å². The topological polar surface area (TPSA) is 72.9 Å². The monoisotopic (exact) mass is 218 g/mol. The summed E-state index contributed by atoms with van der Waals surface area (Å²) in [5.41, 5.74) is 7.38. The summed E-state index contributed by atoms with van der Waals surface area (Å²) in [6, 6.07) is 5.63. The lowest BCUT2D eigenvalue weighted by atomic mass is 10.2. The van der Waals surface area contributed by atoms with Gasteiger partial charge in [-0.05, 0) is 18.2 Å². The predicted octanol–water partition coefficient (Wildman–Crippen LogP) is 0.755. The number of fused-ring (bicyclic) bond motifs is 1. The SMILES string of the molecule is CNC(=O)CCn1ncc2ccc(N)cc21. The maximum absolute atomic E-state index is 11.1. The van der Waals surface area contributed by atoms with Crippen molar-refractivity contribution in [3.8, 4) is 0 Å². The molecule has 0 aliphatic carbocycles. The summed E-state index contributed by atoms with van der Waals surface area (Å²) in [5.74, 6) is 0.00699. The van der Waals surface area contributed by atoms with Crippen molar-refractivity contribution >= 4 is 22.5 Å². The Labute approximate surface area is 93.2 Å². The van der Waals surface area contributed by atoms with Gasteiger partial charge in [-0.15, -0.1) is 0 Å². The van der Waals surface area contributed by atoms with E-state index in [9.17, 15) is 4.79 Å². The number of benzene rings is 1. The third-order valence-corrected chi connectivity index (χ3v) is 2.50. The van der Waals surface area contributed by atoms with Crippen LogP contribution < -0.4 is 11.1 Å². The molecule has 2 aromatic rings. The number of carbonyl (C=O) groups is 1. The average molecular weight is 218 g/mol. The van der Waals surface area contributed by atoms with Crippen molar-refractivity contribution in [2.45, 2.75) is 13.0 Å². The molecule has 0 radical (unpaired) electrons. The van der Waals surface area contributed by atoms with Crippen LogP contribution in [0.4, 0.5) is 5.69 Å². The van der Waals surface area contributed by atoms with Crippen LogP contribution >= 0.6 is 0 Å². The van der Waals surface area contributed by atoms with Gasteiger partial charge in [0.05, 0.1) is 18.3 Å². The van der Waals surface area contributed by atoms with Gasteiger partial charge in [0.2, 0.25) is 5.91 Å². The minimum Gasteiger partial charge on any atom is -0.399 e. The molecule has 1 aromatic heterocycles. The summed E-state index contributed by atoms with van der Waals surface area (Å²) >= 11 is 0. The molecule has 0 saturated carbocycles. The molecule has 2 rings (SSSR count). The highest BCUT2D eigenvalue weighted by Crippen LogP contribution is 2.17. The quantitative estimate of drug-likeness (QED) is 0.747. The van der Waals surface area contributed by atoms with Crippen LogP contribution in [0.2, 0.25) is 0 Å². The Morgan fingerprint density at radius 3 is 3.12 bits per heavy atom. The molecule has 0 bridgehead atoms. The largest absolute Gasteiger partial charge is 0.399 e. The smallest absolute Gasteiger partial charge is 0.221 e. The summed E-state index contributed by atoms with van der Waals surface area (Å²) in [7, 11) is 1.63. The van der Waals surface area contributed by atoms with Crippen LogP contribution in [0.3, 0.4) is 0 Å². The molecule has 0 atom stereocenters. The van der Waals surface area contributed by atoms with Gasteiger partial charge in [-0.2, -0.15) is 5.10 Å². The first-order chi connectivity index (χ1) is 7.70. The van der Waals surface area contributed by atoms with Crippen molar-refractivity contribution in [2.75, 3.05) is 12.8 Å². The lowest BCUT2D eigenvalue weighted by Gasteiger charge is -2.03. The first kappa shape index (κ1) is 10.5. The number of nitrogens with one attached hydrogen (secondary N) is 1. The molecule has 1 amide bonds. The van der Waals surface area contributed by atoms with Gasteiger partial charge in [-0.3, -0.25) is 9.48 Å². The number of hydrogen-bond acceptors (Lipinski definition) is 3. The number of nitrogens with two attached hydrogens (primary N) is 1. The highest BCUT2D eigenvalue weighted by atomic mass is 16.1. The highest BCUT2D eigenvalue weighted by Gasteiger charge is 2.04. The van der Waals surface area contributed by atoms with Crippen LogP contribution in [0, 0.1) is 0 Å². The van der Waals surface area contributed by atoms with Crippen LogP contribution in [0.15, 0.2) is 24.4 Å². The number of nitrogens with zero attached hydrogens (tertiary/aromatic N) is 2. The van der Waals surface area contributed by atoms with E-state index >= 15 is 0 Å². The van der Waals surface area contributed by atoms with E-state index in [2.05, 4.69) is 10.4 Å². The van der Waals surface area contributed by atoms with Crippen LogP contribution in [-0.2, 0) is 11.3 Å². The fraction of sp³-hybridized carbons (Fsp3) is 0.273. The minimum atomic E-state index is 0.00699. The molecule has 0 spiro atoms. The Kier molecular flexibility index (Phi) is 2.76. The Bertz CT molecular complexity index is 518. The third-order valence-electron chi connectivity index (χ3n) is 2.50. The van der Waals surface area contributed by atoms with Crippen LogP contribution in [-0.4, -0.2) is 22.7 Å². The number of aryl methyl sites for hydroxylation is 1. The lowest BCUT2D eigenvalue weighted by molar-refractivity contribution is -0.120. The molecule has 5 nitrogen and oxygen atoms in total. The van der Waals surface area contributed by atoms with Gasteiger partial charge < -0.3 is 11.1 Å². The molecular weight excluding hydrogens is 204 g/mol. The molecule has 0 aliphatic rings.